The van der Waals surface area contributed by atoms with Gasteiger partial charge in [-0.1, -0.05) is 0 Å². The number of halogens is 2. The molecule has 0 atom stereocenters. The average molecular weight is 403 g/mol. The van der Waals surface area contributed by atoms with E-state index in [0.29, 0.717) is 24.1 Å². The number of aliphatic imine (C=N–C) groups is 1. The SMILES string of the molecule is Cc1c(CN=C(N)N(C)C2CC2)oc2ccc(F)cc12.I. The van der Waals surface area contributed by atoms with Gasteiger partial charge in [0.1, 0.15) is 23.7 Å². The van der Waals surface area contributed by atoms with Crippen molar-refractivity contribution in [3.63, 3.8) is 0 Å². The highest BCUT2D eigenvalue weighted by Crippen LogP contribution is 2.27. The molecule has 0 aliphatic heterocycles. The van der Waals surface area contributed by atoms with Crippen molar-refractivity contribution in [1.82, 2.24) is 4.90 Å². The van der Waals surface area contributed by atoms with Crippen molar-refractivity contribution >= 4 is 40.9 Å². The van der Waals surface area contributed by atoms with E-state index in [1.807, 2.05) is 18.9 Å². The third-order valence-electron chi connectivity index (χ3n) is 3.84. The average Bonchev–Trinajstić information content (AvgIpc) is 3.23. The van der Waals surface area contributed by atoms with Crippen LogP contribution in [0, 0.1) is 12.7 Å². The second-order valence-electron chi connectivity index (χ2n) is 5.31. The first-order valence-corrected chi connectivity index (χ1v) is 6.76. The van der Waals surface area contributed by atoms with Crippen LogP contribution in [0.3, 0.4) is 0 Å². The fourth-order valence-corrected chi connectivity index (χ4v) is 2.31. The molecule has 0 unspecified atom stereocenters. The molecule has 2 N–H and O–H groups in total. The van der Waals surface area contributed by atoms with Crippen molar-refractivity contribution in [3.8, 4) is 0 Å². The van der Waals surface area contributed by atoms with Crippen LogP contribution < -0.4 is 5.73 Å². The molecular weight excluding hydrogens is 384 g/mol. The van der Waals surface area contributed by atoms with Gasteiger partial charge in [-0.05, 0) is 38.0 Å². The normalized spacial score (nSPS) is 15.1. The van der Waals surface area contributed by atoms with Gasteiger partial charge in [-0.15, -0.1) is 24.0 Å². The fourth-order valence-electron chi connectivity index (χ4n) is 2.31. The summed E-state index contributed by atoms with van der Waals surface area (Å²) >= 11 is 0. The second-order valence-corrected chi connectivity index (χ2v) is 5.31. The van der Waals surface area contributed by atoms with Crippen molar-refractivity contribution in [3.05, 3.63) is 35.3 Å². The molecule has 1 saturated carbocycles. The van der Waals surface area contributed by atoms with Gasteiger partial charge in [0.15, 0.2) is 5.96 Å². The summed E-state index contributed by atoms with van der Waals surface area (Å²) in [6.45, 7) is 2.29. The van der Waals surface area contributed by atoms with Gasteiger partial charge in [0.25, 0.3) is 0 Å². The molecule has 6 heteroatoms. The molecule has 2 aromatic rings. The number of hydrogen-bond acceptors (Lipinski definition) is 2. The summed E-state index contributed by atoms with van der Waals surface area (Å²) < 4.78 is 19.0. The lowest BCUT2D eigenvalue weighted by atomic mass is 10.1. The van der Waals surface area contributed by atoms with Crippen LogP contribution in [0.25, 0.3) is 11.0 Å². The van der Waals surface area contributed by atoms with E-state index in [9.17, 15) is 4.39 Å². The Kier molecular flexibility index (Phi) is 4.75. The van der Waals surface area contributed by atoms with Gasteiger partial charge >= 0.3 is 0 Å². The summed E-state index contributed by atoms with van der Waals surface area (Å²) in [6, 6.07) is 5.06. The molecule has 114 valence electrons. The van der Waals surface area contributed by atoms with Crippen molar-refractivity contribution in [1.29, 1.82) is 0 Å². The molecule has 0 radical (unpaired) electrons. The van der Waals surface area contributed by atoms with E-state index in [1.165, 1.54) is 25.0 Å². The Bertz CT molecular complexity index is 679. The Morgan fingerprint density at radius 3 is 2.86 bits per heavy atom. The van der Waals surface area contributed by atoms with Crippen LogP contribution in [0.4, 0.5) is 4.39 Å². The van der Waals surface area contributed by atoms with Crippen LogP contribution in [0.15, 0.2) is 27.6 Å². The number of benzene rings is 1. The number of hydrogen-bond donors (Lipinski definition) is 1. The third kappa shape index (κ3) is 3.30. The van der Waals surface area contributed by atoms with E-state index in [2.05, 4.69) is 4.99 Å². The Hall–Kier alpha value is -1.31. The van der Waals surface area contributed by atoms with Gasteiger partial charge in [-0.3, -0.25) is 0 Å². The minimum atomic E-state index is -0.260. The highest BCUT2D eigenvalue weighted by atomic mass is 127. The molecule has 1 aliphatic carbocycles. The summed E-state index contributed by atoms with van der Waals surface area (Å²) in [5, 5.41) is 0.796. The first-order chi connectivity index (χ1) is 9.56. The molecule has 0 saturated heterocycles. The Morgan fingerprint density at radius 1 is 1.48 bits per heavy atom. The fraction of sp³-hybridized carbons (Fsp3) is 0.400. The lowest BCUT2D eigenvalue weighted by Gasteiger charge is -2.16. The van der Waals surface area contributed by atoms with Crippen LogP contribution in [-0.2, 0) is 6.54 Å². The summed E-state index contributed by atoms with van der Waals surface area (Å²) in [7, 11) is 1.96. The molecule has 1 aromatic carbocycles. The molecule has 1 fully saturated rings. The number of nitrogens with two attached hydrogens (primary N) is 1. The Labute approximate surface area is 140 Å². The minimum Gasteiger partial charge on any atom is -0.459 e. The van der Waals surface area contributed by atoms with Crippen LogP contribution in [0.5, 0.6) is 0 Å². The third-order valence-corrected chi connectivity index (χ3v) is 3.84. The Morgan fingerprint density at radius 2 is 2.19 bits per heavy atom. The maximum absolute atomic E-state index is 13.2. The molecular formula is C15H19FIN3O. The van der Waals surface area contributed by atoms with Crippen molar-refractivity contribution < 1.29 is 8.81 Å². The number of aryl methyl sites for hydroxylation is 1. The highest BCUT2D eigenvalue weighted by molar-refractivity contribution is 14.0. The topological polar surface area (TPSA) is 54.8 Å². The quantitative estimate of drug-likeness (QED) is 0.486. The van der Waals surface area contributed by atoms with Crippen molar-refractivity contribution in [2.45, 2.75) is 32.4 Å². The number of guanidine groups is 1. The molecule has 4 nitrogen and oxygen atoms in total. The monoisotopic (exact) mass is 403 g/mol. The van der Waals surface area contributed by atoms with Gasteiger partial charge in [0.2, 0.25) is 0 Å². The first-order valence-electron chi connectivity index (χ1n) is 6.76. The molecule has 1 aliphatic rings. The van der Waals surface area contributed by atoms with Gasteiger partial charge in [-0.25, -0.2) is 9.38 Å². The maximum atomic E-state index is 13.2. The lowest BCUT2D eigenvalue weighted by molar-refractivity contribution is 0.483. The molecule has 0 bridgehead atoms. The van der Waals surface area contributed by atoms with E-state index < -0.39 is 0 Å². The molecule has 3 rings (SSSR count). The molecule has 21 heavy (non-hydrogen) atoms. The highest BCUT2D eigenvalue weighted by Gasteiger charge is 2.27. The molecule has 1 aromatic heterocycles. The Balaban J connectivity index is 0.00000161. The summed E-state index contributed by atoms with van der Waals surface area (Å²) in [5.41, 5.74) is 7.55. The maximum Gasteiger partial charge on any atom is 0.191 e. The largest absolute Gasteiger partial charge is 0.459 e. The van der Waals surface area contributed by atoms with Crippen molar-refractivity contribution in [2.75, 3.05) is 7.05 Å². The summed E-state index contributed by atoms with van der Waals surface area (Å²) in [5.74, 6) is 1.00. The van der Waals surface area contributed by atoms with Gasteiger partial charge in [0.05, 0.1) is 0 Å². The molecule has 1 heterocycles. The second kappa shape index (κ2) is 6.21. The van der Waals surface area contributed by atoms with Gasteiger partial charge in [-0.2, -0.15) is 0 Å². The predicted molar refractivity (Wildman–Crippen MR) is 92.4 cm³/mol. The van der Waals surface area contributed by atoms with E-state index in [4.69, 9.17) is 10.2 Å². The first kappa shape index (κ1) is 16.1. The van der Waals surface area contributed by atoms with Gasteiger partial charge in [0, 0.05) is 24.0 Å². The number of rotatable bonds is 3. The van der Waals surface area contributed by atoms with Crippen LogP contribution in [0.2, 0.25) is 0 Å². The van der Waals surface area contributed by atoms with E-state index in [1.54, 1.807) is 6.07 Å². The lowest BCUT2D eigenvalue weighted by Crippen LogP contribution is -2.35. The zero-order chi connectivity index (χ0) is 14.3. The van der Waals surface area contributed by atoms with Crippen LogP contribution in [-0.4, -0.2) is 23.9 Å². The van der Waals surface area contributed by atoms with E-state index in [-0.39, 0.29) is 29.8 Å². The zero-order valence-corrected chi connectivity index (χ0v) is 14.4. The zero-order valence-electron chi connectivity index (χ0n) is 12.1. The molecule has 0 amide bonds. The predicted octanol–water partition coefficient (Wildman–Crippen LogP) is 3.41. The van der Waals surface area contributed by atoms with Crippen LogP contribution >= 0.6 is 24.0 Å². The van der Waals surface area contributed by atoms with Crippen LogP contribution in [0.1, 0.15) is 24.2 Å². The number of fused-ring (bicyclic) bond motifs is 1. The van der Waals surface area contributed by atoms with Gasteiger partial charge < -0.3 is 15.1 Å². The smallest absolute Gasteiger partial charge is 0.191 e. The van der Waals surface area contributed by atoms with Crippen molar-refractivity contribution in [2.24, 2.45) is 10.7 Å². The standard InChI is InChI=1S/C15H18FN3O.HI/c1-9-12-7-10(16)3-6-13(12)20-14(9)8-18-15(17)19(2)11-4-5-11;/h3,6-7,11H,4-5,8H2,1-2H3,(H2,17,18);1H. The number of furan rings is 1. The van der Waals surface area contributed by atoms with E-state index in [0.717, 1.165) is 16.7 Å². The number of nitrogens with zero attached hydrogens (tertiary/aromatic N) is 2. The van der Waals surface area contributed by atoms with E-state index >= 15 is 0 Å². The summed E-state index contributed by atoms with van der Waals surface area (Å²) in [6.07, 6.45) is 2.35. The minimum absolute atomic E-state index is 0. The molecule has 0 spiro atoms. The summed E-state index contributed by atoms with van der Waals surface area (Å²) in [4.78, 5) is 6.36.